The Kier molecular flexibility index (Phi) is 2.79. The highest BCUT2D eigenvalue weighted by molar-refractivity contribution is 5.77. The fourth-order valence-corrected chi connectivity index (χ4v) is 2.79. The topological polar surface area (TPSA) is 15.8 Å². The maximum Gasteiger partial charge on any atom is 0.301 e. The summed E-state index contributed by atoms with van der Waals surface area (Å²) in [6.45, 7) is 8.04. The zero-order chi connectivity index (χ0) is 14.7. The van der Waals surface area contributed by atoms with Gasteiger partial charge in [-0.25, -0.2) is 0 Å². The number of halogens is 2. The van der Waals surface area contributed by atoms with Gasteiger partial charge in [0.15, 0.2) is 0 Å². The van der Waals surface area contributed by atoms with Crippen molar-refractivity contribution in [3.63, 3.8) is 0 Å². The molecule has 1 aliphatic rings. The minimum Gasteiger partial charge on any atom is -0.358 e. The van der Waals surface area contributed by atoms with Crippen LogP contribution in [0.2, 0.25) is 0 Å². The summed E-state index contributed by atoms with van der Waals surface area (Å²) in [5, 5.41) is 0. The van der Waals surface area contributed by atoms with Crippen molar-refractivity contribution in [1.82, 2.24) is 4.98 Å². The Balaban J connectivity index is 2.20. The summed E-state index contributed by atoms with van der Waals surface area (Å²) < 4.78 is 29.3. The first kappa shape index (κ1) is 13.3. The van der Waals surface area contributed by atoms with E-state index < -0.39 is 5.92 Å². The standard InChI is InChI=1S/C17H19F2N/c1-9(2)11-5-6-12-13(7-11)17(18,19)14-8-15(10(3)4)20-16(12)14/h5-10,20H,1-4H3. The predicted molar refractivity (Wildman–Crippen MR) is 77.4 cm³/mol. The maximum atomic E-state index is 14.6. The zero-order valence-corrected chi connectivity index (χ0v) is 12.2. The molecule has 1 N–H and O–H groups in total. The summed E-state index contributed by atoms with van der Waals surface area (Å²) in [7, 11) is 0. The first-order chi connectivity index (χ1) is 9.32. The van der Waals surface area contributed by atoms with Crippen molar-refractivity contribution in [3.05, 3.63) is 46.6 Å². The molecule has 0 radical (unpaired) electrons. The number of benzene rings is 1. The highest BCUT2D eigenvalue weighted by atomic mass is 19.3. The van der Waals surface area contributed by atoms with E-state index in [-0.39, 0.29) is 23.0 Å². The third-order valence-electron chi connectivity index (χ3n) is 4.12. The van der Waals surface area contributed by atoms with Crippen LogP contribution in [-0.2, 0) is 5.92 Å². The summed E-state index contributed by atoms with van der Waals surface area (Å²) in [5.41, 5.74) is 3.31. The van der Waals surface area contributed by atoms with Crippen LogP contribution in [0, 0.1) is 0 Å². The van der Waals surface area contributed by atoms with Crippen LogP contribution < -0.4 is 0 Å². The number of rotatable bonds is 2. The van der Waals surface area contributed by atoms with E-state index in [0.29, 0.717) is 11.3 Å². The Hall–Kier alpha value is -1.64. The summed E-state index contributed by atoms with van der Waals surface area (Å²) in [6.07, 6.45) is 0. The molecular formula is C17H19F2N. The Morgan fingerprint density at radius 2 is 1.65 bits per heavy atom. The molecule has 1 aromatic heterocycles. The molecule has 1 aromatic carbocycles. The Morgan fingerprint density at radius 1 is 0.950 bits per heavy atom. The van der Waals surface area contributed by atoms with Gasteiger partial charge < -0.3 is 4.98 Å². The van der Waals surface area contributed by atoms with Crippen LogP contribution in [0.1, 0.15) is 61.9 Å². The van der Waals surface area contributed by atoms with Gasteiger partial charge in [-0.2, -0.15) is 8.78 Å². The molecule has 0 atom stereocenters. The number of fused-ring (bicyclic) bond motifs is 3. The lowest BCUT2D eigenvalue weighted by atomic mass is 9.97. The first-order valence-electron chi connectivity index (χ1n) is 7.08. The van der Waals surface area contributed by atoms with E-state index in [1.54, 1.807) is 12.1 Å². The van der Waals surface area contributed by atoms with Gasteiger partial charge in [-0.3, -0.25) is 0 Å². The Bertz CT molecular complexity index is 666. The molecule has 3 heteroatoms. The van der Waals surface area contributed by atoms with Gasteiger partial charge in [0.1, 0.15) is 0 Å². The molecule has 0 amide bonds. The van der Waals surface area contributed by atoms with Crippen LogP contribution in [0.3, 0.4) is 0 Å². The molecule has 1 nitrogen and oxygen atoms in total. The maximum absolute atomic E-state index is 14.6. The zero-order valence-electron chi connectivity index (χ0n) is 12.2. The highest BCUT2D eigenvalue weighted by Gasteiger charge is 2.46. The summed E-state index contributed by atoms with van der Waals surface area (Å²) >= 11 is 0. The monoisotopic (exact) mass is 275 g/mol. The Morgan fingerprint density at radius 3 is 2.25 bits per heavy atom. The molecule has 0 unspecified atom stereocenters. The minimum atomic E-state index is -2.89. The van der Waals surface area contributed by atoms with E-state index in [4.69, 9.17) is 0 Å². The second-order valence-electron chi connectivity index (χ2n) is 6.20. The first-order valence-corrected chi connectivity index (χ1v) is 7.08. The second kappa shape index (κ2) is 4.18. The molecule has 0 fully saturated rings. The molecule has 106 valence electrons. The number of aromatic nitrogens is 1. The van der Waals surface area contributed by atoms with Crippen molar-refractivity contribution in [2.24, 2.45) is 0 Å². The third-order valence-corrected chi connectivity index (χ3v) is 4.12. The quantitative estimate of drug-likeness (QED) is 0.757. The van der Waals surface area contributed by atoms with Gasteiger partial charge >= 0.3 is 5.92 Å². The van der Waals surface area contributed by atoms with E-state index in [1.807, 2.05) is 39.8 Å². The number of alkyl halides is 2. The molecule has 3 rings (SSSR count). The Labute approximate surface area is 118 Å². The van der Waals surface area contributed by atoms with E-state index in [2.05, 4.69) is 4.98 Å². The molecule has 1 heterocycles. The number of hydrogen-bond acceptors (Lipinski definition) is 0. The summed E-state index contributed by atoms with van der Waals surface area (Å²) in [6, 6.07) is 7.05. The van der Waals surface area contributed by atoms with Crippen molar-refractivity contribution in [2.45, 2.75) is 45.5 Å². The van der Waals surface area contributed by atoms with Gasteiger partial charge in [-0.05, 0) is 29.5 Å². The SMILES string of the molecule is CC(C)c1ccc2c(c1)C(F)(F)c1cc(C(C)C)[nH]c1-2. The van der Waals surface area contributed by atoms with Crippen molar-refractivity contribution in [2.75, 3.05) is 0 Å². The molecule has 2 aromatic rings. The fraction of sp³-hybridized carbons (Fsp3) is 0.412. The predicted octanol–water partition coefficient (Wildman–Crippen LogP) is 5.38. The molecule has 0 spiro atoms. The van der Waals surface area contributed by atoms with E-state index in [9.17, 15) is 8.78 Å². The highest BCUT2D eigenvalue weighted by Crippen LogP contribution is 2.52. The van der Waals surface area contributed by atoms with E-state index >= 15 is 0 Å². The van der Waals surface area contributed by atoms with Gasteiger partial charge in [0.05, 0.1) is 11.3 Å². The third kappa shape index (κ3) is 1.72. The van der Waals surface area contributed by atoms with Gasteiger partial charge in [0, 0.05) is 16.8 Å². The molecule has 0 saturated carbocycles. The summed E-state index contributed by atoms with van der Waals surface area (Å²) in [5.74, 6) is -2.42. The number of nitrogens with one attached hydrogen (secondary N) is 1. The lowest BCUT2D eigenvalue weighted by molar-refractivity contribution is 0.0480. The van der Waals surface area contributed by atoms with Crippen LogP contribution in [0.25, 0.3) is 11.3 Å². The second-order valence-corrected chi connectivity index (χ2v) is 6.20. The lowest BCUT2D eigenvalue weighted by Gasteiger charge is -2.14. The average Bonchev–Trinajstić information content (AvgIpc) is 2.90. The van der Waals surface area contributed by atoms with Gasteiger partial charge in [-0.15, -0.1) is 0 Å². The molecule has 20 heavy (non-hydrogen) atoms. The van der Waals surface area contributed by atoms with E-state index in [1.165, 1.54) is 0 Å². The number of H-pyrrole nitrogens is 1. The largest absolute Gasteiger partial charge is 0.358 e. The lowest BCUT2D eigenvalue weighted by Crippen LogP contribution is -2.11. The van der Waals surface area contributed by atoms with Gasteiger partial charge in [0.2, 0.25) is 0 Å². The van der Waals surface area contributed by atoms with Crippen molar-refractivity contribution >= 4 is 0 Å². The van der Waals surface area contributed by atoms with E-state index in [0.717, 1.165) is 11.3 Å². The summed E-state index contributed by atoms with van der Waals surface area (Å²) in [4.78, 5) is 3.17. The van der Waals surface area contributed by atoms with Crippen LogP contribution in [0.15, 0.2) is 24.3 Å². The number of aromatic amines is 1. The van der Waals surface area contributed by atoms with Crippen molar-refractivity contribution < 1.29 is 8.78 Å². The molecular weight excluding hydrogens is 256 g/mol. The van der Waals surface area contributed by atoms with Crippen molar-refractivity contribution in [1.29, 1.82) is 0 Å². The fourth-order valence-electron chi connectivity index (χ4n) is 2.79. The molecule has 0 bridgehead atoms. The number of hydrogen-bond donors (Lipinski definition) is 1. The normalized spacial score (nSPS) is 15.8. The molecule has 1 aliphatic carbocycles. The van der Waals surface area contributed by atoms with Crippen LogP contribution >= 0.6 is 0 Å². The van der Waals surface area contributed by atoms with Gasteiger partial charge in [0.25, 0.3) is 0 Å². The molecule has 0 saturated heterocycles. The van der Waals surface area contributed by atoms with Crippen molar-refractivity contribution in [3.8, 4) is 11.3 Å². The van der Waals surface area contributed by atoms with Gasteiger partial charge in [-0.1, -0.05) is 39.8 Å². The average molecular weight is 275 g/mol. The smallest absolute Gasteiger partial charge is 0.301 e. The van der Waals surface area contributed by atoms with Crippen LogP contribution in [-0.4, -0.2) is 4.98 Å². The van der Waals surface area contributed by atoms with Crippen LogP contribution in [0.5, 0.6) is 0 Å². The van der Waals surface area contributed by atoms with Crippen LogP contribution in [0.4, 0.5) is 8.78 Å². The molecule has 0 aliphatic heterocycles. The minimum absolute atomic E-state index is 0.122.